The molecule has 2 aromatic heterocycles. The maximum Gasteiger partial charge on any atom is 0.237 e. The second-order valence-electron chi connectivity index (χ2n) is 6.47. The van der Waals surface area contributed by atoms with Crippen LogP contribution in [0, 0.1) is 10.8 Å². The van der Waals surface area contributed by atoms with Crippen molar-refractivity contribution in [1.82, 2.24) is 19.7 Å². The summed E-state index contributed by atoms with van der Waals surface area (Å²) in [6, 6.07) is 19.8. The summed E-state index contributed by atoms with van der Waals surface area (Å²) in [6.45, 7) is 0. The number of nitrogens with one attached hydrogen (secondary N) is 2. The number of aromatic hydroxyl groups is 1. The standard InChI is InChI=1S/C22H18N6O2/c23-19-9-10-21(30-18-7-2-1-3-8-18)27-28(19)20(24)12-15-5-4-6-16(11-15)22-25-13-17(29)14-26-22/h1-11,13-14,23-24,29H,12H2. The minimum atomic E-state index is -0.000245. The highest BCUT2D eigenvalue weighted by molar-refractivity contribution is 5.83. The van der Waals surface area contributed by atoms with Gasteiger partial charge in [-0.1, -0.05) is 36.4 Å². The molecule has 2 heterocycles. The number of hydrogen-bond acceptors (Lipinski definition) is 7. The van der Waals surface area contributed by atoms with Gasteiger partial charge in [0.2, 0.25) is 5.88 Å². The summed E-state index contributed by atoms with van der Waals surface area (Å²) in [5, 5.41) is 30.2. The smallest absolute Gasteiger partial charge is 0.237 e. The lowest BCUT2D eigenvalue weighted by Gasteiger charge is -2.11. The molecule has 4 aromatic rings. The van der Waals surface area contributed by atoms with Crippen molar-refractivity contribution in [3.05, 3.63) is 90.2 Å². The molecule has 2 aromatic carbocycles. The Morgan fingerprint density at radius 1 is 0.967 bits per heavy atom. The van der Waals surface area contributed by atoms with Gasteiger partial charge in [-0.15, -0.1) is 5.10 Å². The minimum absolute atomic E-state index is 0.000245. The Labute approximate surface area is 172 Å². The number of aromatic nitrogens is 4. The first-order valence-electron chi connectivity index (χ1n) is 9.14. The summed E-state index contributed by atoms with van der Waals surface area (Å²) < 4.78 is 6.95. The average Bonchev–Trinajstić information content (AvgIpc) is 2.76. The summed E-state index contributed by atoms with van der Waals surface area (Å²) in [6.07, 6.45) is 2.92. The Morgan fingerprint density at radius 3 is 2.50 bits per heavy atom. The number of benzene rings is 2. The maximum atomic E-state index is 9.35. The SMILES string of the molecule is N=C(Cc1cccc(-c2ncc(O)cn2)c1)n1nc(Oc2ccccc2)ccc1=N. The normalized spacial score (nSPS) is 10.5. The molecule has 0 fully saturated rings. The second-order valence-corrected chi connectivity index (χ2v) is 6.47. The molecular formula is C22H18N6O2. The molecule has 0 amide bonds. The zero-order valence-electron chi connectivity index (χ0n) is 15.9. The zero-order chi connectivity index (χ0) is 20.9. The van der Waals surface area contributed by atoms with Gasteiger partial charge >= 0.3 is 0 Å². The predicted molar refractivity (Wildman–Crippen MR) is 111 cm³/mol. The van der Waals surface area contributed by atoms with Crippen LogP contribution in [-0.2, 0) is 6.42 Å². The van der Waals surface area contributed by atoms with Gasteiger partial charge < -0.3 is 9.84 Å². The van der Waals surface area contributed by atoms with E-state index in [1.165, 1.54) is 17.1 Å². The topological polar surface area (TPSA) is 121 Å². The monoisotopic (exact) mass is 398 g/mol. The molecule has 0 saturated heterocycles. The van der Waals surface area contributed by atoms with Gasteiger partial charge in [-0.05, 0) is 29.8 Å². The van der Waals surface area contributed by atoms with Gasteiger partial charge in [0.15, 0.2) is 11.6 Å². The van der Waals surface area contributed by atoms with Gasteiger partial charge in [-0.2, -0.15) is 4.68 Å². The van der Waals surface area contributed by atoms with E-state index in [0.29, 0.717) is 17.5 Å². The highest BCUT2D eigenvalue weighted by Crippen LogP contribution is 2.19. The molecule has 0 bridgehead atoms. The number of rotatable bonds is 5. The van der Waals surface area contributed by atoms with Crippen LogP contribution >= 0.6 is 0 Å². The van der Waals surface area contributed by atoms with E-state index in [0.717, 1.165) is 11.1 Å². The molecular weight excluding hydrogens is 380 g/mol. The molecule has 0 aliphatic rings. The Hall–Kier alpha value is -4.33. The molecule has 8 heteroatoms. The Morgan fingerprint density at radius 2 is 1.73 bits per heavy atom. The van der Waals surface area contributed by atoms with E-state index in [9.17, 15) is 5.11 Å². The minimum Gasteiger partial charge on any atom is -0.505 e. The lowest BCUT2D eigenvalue weighted by Crippen LogP contribution is -2.30. The van der Waals surface area contributed by atoms with Crippen LogP contribution < -0.4 is 10.2 Å². The third kappa shape index (κ3) is 4.39. The van der Waals surface area contributed by atoms with Crippen LogP contribution in [0.25, 0.3) is 11.4 Å². The summed E-state index contributed by atoms with van der Waals surface area (Å²) in [4.78, 5) is 8.23. The first kappa shape index (κ1) is 19.0. The molecule has 0 unspecified atom stereocenters. The summed E-state index contributed by atoms with van der Waals surface area (Å²) in [7, 11) is 0. The number of para-hydroxylation sites is 1. The van der Waals surface area contributed by atoms with Gasteiger partial charge in [0, 0.05) is 18.1 Å². The third-order valence-corrected chi connectivity index (χ3v) is 4.23. The number of nitrogens with zero attached hydrogens (tertiary/aromatic N) is 4. The summed E-state index contributed by atoms with van der Waals surface area (Å²) >= 11 is 0. The molecule has 0 radical (unpaired) electrons. The fourth-order valence-corrected chi connectivity index (χ4v) is 2.83. The van der Waals surface area contributed by atoms with Crippen molar-refractivity contribution in [2.75, 3.05) is 0 Å². The van der Waals surface area contributed by atoms with E-state index >= 15 is 0 Å². The van der Waals surface area contributed by atoms with E-state index in [1.54, 1.807) is 12.1 Å². The van der Waals surface area contributed by atoms with Crippen molar-refractivity contribution in [3.63, 3.8) is 0 Å². The van der Waals surface area contributed by atoms with E-state index in [-0.39, 0.29) is 23.5 Å². The maximum absolute atomic E-state index is 9.35. The van der Waals surface area contributed by atoms with Crippen LogP contribution in [0.5, 0.6) is 17.4 Å². The van der Waals surface area contributed by atoms with E-state index in [1.807, 2.05) is 54.6 Å². The average molecular weight is 398 g/mol. The van der Waals surface area contributed by atoms with Crippen LogP contribution in [0.4, 0.5) is 0 Å². The number of hydrogen-bond donors (Lipinski definition) is 3. The van der Waals surface area contributed by atoms with Crippen LogP contribution in [-0.4, -0.2) is 30.7 Å². The van der Waals surface area contributed by atoms with Crippen molar-refractivity contribution >= 4 is 5.84 Å². The van der Waals surface area contributed by atoms with Crippen LogP contribution in [0.1, 0.15) is 5.56 Å². The first-order chi connectivity index (χ1) is 14.6. The first-order valence-corrected chi connectivity index (χ1v) is 9.14. The van der Waals surface area contributed by atoms with Gasteiger partial charge in [0.05, 0.1) is 12.4 Å². The fourth-order valence-electron chi connectivity index (χ4n) is 2.83. The molecule has 3 N–H and O–H groups in total. The van der Waals surface area contributed by atoms with Gasteiger partial charge in [-0.3, -0.25) is 10.8 Å². The number of ether oxygens (including phenoxy) is 1. The van der Waals surface area contributed by atoms with Gasteiger partial charge in [0.25, 0.3) is 0 Å². The molecule has 0 aliphatic carbocycles. The molecule has 4 rings (SSSR count). The van der Waals surface area contributed by atoms with Crippen LogP contribution in [0.2, 0.25) is 0 Å². The second kappa shape index (κ2) is 8.36. The van der Waals surface area contributed by atoms with Gasteiger partial charge in [0.1, 0.15) is 17.1 Å². The largest absolute Gasteiger partial charge is 0.505 e. The lowest BCUT2D eigenvalue weighted by atomic mass is 10.1. The molecule has 30 heavy (non-hydrogen) atoms. The summed E-state index contributed by atoms with van der Waals surface area (Å²) in [5.41, 5.74) is 1.70. The van der Waals surface area contributed by atoms with Crippen molar-refractivity contribution in [2.24, 2.45) is 0 Å². The van der Waals surface area contributed by atoms with Crippen molar-refractivity contribution < 1.29 is 9.84 Å². The highest BCUT2D eigenvalue weighted by atomic mass is 16.5. The van der Waals surface area contributed by atoms with Crippen molar-refractivity contribution in [1.29, 1.82) is 10.8 Å². The van der Waals surface area contributed by atoms with Crippen molar-refractivity contribution in [3.8, 4) is 28.8 Å². The van der Waals surface area contributed by atoms with E-state index in [4.69, 9.17) is 15.6 Å². The molecule has 0 atom stereocenters. The Balaban J connectivity index is 1.55. The van der Waals surface area contributed by atoms with Gasteiger partial charge in [-0.25, -0.2) is 9.97 Å². The predicted octanol–water partition coefficient (Wildman–Crippen LogP) is 3.39. The fraction of sp³-hybridized carbons (Fsp3) is 0.0455. The third-order valence-electron chi connectivity index (χ3n) is 4.23. The summed E-state index contributed by atoms with van der Waals surface area (Å²) in [5.74, 6) is 1.53. The van der Waals surface area contributed by atoms with Crippen LogP contribution in [0.3, 0.4) is 0 Å². The molecule has 0 spiro atoms. The Bertz CT molecular complexity index is 1240. The molecule has 8 nitrogen and oxygen atoms in total. The zero-order valence-corrected chi connectivity index (χ0v) is 15.9. The van der Waals surface area contributed by atoms with E-state index in [2.05, 4.69) is 15.1 Å². The molecule has 148 valence electrons. The quantitative estimate of drug-likeness (QED) is 0.351. The van der Waals surface area contributed by atoms with E-state index < -0.39 is 0 Å². The van der Waals surface area contributed by atoms with Crippen LogP contribution in [0.15, 0.2) is 79.1 Å². The van der Waals surface area contributed by atoms with Crippen molar-refractivity contribution in [2.45, 2.75) is 6.42 Å². The molecule has 0 saturated carbocycles. The molecule has 0 aliphatic heterocycles. The Kier molecular flexibility index (Phi) is 5.29. The lowest BCUT2D eigenvalue weighted by molar-refractivity contribution is 0.447. The highest BCUT2D eigenvalue weighted by Gasteiger charge is 2.09.